The monoisotopic (exact) mass is 249 g/mol. The highest BCUT2D eigenvalue weighted by atomic mass is 35.5. The summed E-state index contributed by atoms with van der Waals surface area (Å²) in [6.45, 7) is 2.20. The summed E-state index contributed by atoms with van der Waals surface area (Å²) in [6, 6.07) is 6.31. The van der Waals surface area contributed by atoms with Gasteiger partial charge >= 0.3 is 0 Å². The second kappa shape index (κ2) is 4.67. The van der Waals surface area contributed by atoms with E-state index in [9.17, 15) is 0 Å². The average molecular weight is 250 g/mol. The van der Waals surface area contributed by atoms with Crippen molar-refractivity contribution in [1.29, 1.82) is 0 Å². The van der Waals surface area contributed by atoms with Gasteiger partial charge in [0.2, 0.25) is 0 Å². The first kappa shape index (κ1) is 11.1. The van der Waals surface area contributed by atoms with E-state index in [1.165, 1.54) is 23.9 Å². The van der Waals surface area contributed by atoms with E-state index >= 15 is 0 Å². The van der Waals surface area contributed by atoms with Crippen LogP contribution in [0.3, 0.4) is 0 Å². The second-order valence-corrected chi connectivity index (χ2v) is 4.91. The van der Waals surface area contributed by atoms with Gasteiger partial charge in [0.05, 0.1) is 5.52 Å². The largest absolute Gasteiger partial charge is 0.317 e. The van der Waals surface area contributed by atoms with Crippen LogP contribution in [-0.4, -0.2) is 23.3 Å². The highest BCUT2D eigenvalue weighted by molar-refractivity contribution is 6.17. The molecule has 0 unspecified atom stereocenters. The molecule has 1 saturated heterocycles. The van der Waals surface area contributed by atoms with Gasteiger partial charge in [-0.2, -0.15) is 5.10 Å². The van der Waals surface area contributed by atoms with Gasteiger partial charge in [0, 0.05) is 22.9 Å². The van der Waals surface area contributed by atoms with Crippen LogP contribution in [0, 0.1) is 0 Å². The van der Waals surface area contributed by atoms with Crippen molar-refractivity contribution >= 4 is 22.5 Å². The van der Waals surface area contributed by atoms with Crippen LogP contribution in [0.5, 0.6) is 0 Å². The molecule has 90 valence electrons. The molecule has 0 amide bonds. The topological polar surface area (TPSA) is 40.7 Å². The maximum Gasteiger partial charge on any atom is 0.0927 e. The number of nitrogens with zero attached hydrogens (tertiary/aromatic N) is 1. The van der Waals surface area contributed by atoms with Crippen molar-refractivity contribution in [3.8, 4) is 0 Å². The number of aromatic nitrogens is 2. The maximum atomic E-state index is 5.84. The number of aromatic amines is 1. The number of piperidine rings is 1. The van der Waals surface area contributed by atoms with E-state index in [0.717, 1.165) is 24.2 Å². The Morgan fingerprint density at radius 3 is 2.88 bits per heavy atom. The van der Waals surface area contributed by atoms with Crippen LogP contribution in [0.2, 0.25) is 0 Å². The number of hydrogen-bond acceptors (Lipinski definition) is 2. The smallest absolute Gasteiger partial charge is 0.0927 e. The van der Waals surface area contributed by atoms with Crippen LogP contribution in [0.15, 0.2) is 18.2 Å². The van der Waals surface area contributed by atoms with Gasteiger partial charge in [-0.25, -0.2) is 0 Å². The van der Waals surface area contributed by atoms with E-state index in [0.29, 0.717) is 11.8 Å². The molecule has 0 saturated carbocycles. The third-order valence-electron chi connectivity index (χ3n) is 3.55. The fourth-order valence-electron chi connectivity index (χ4n) is 2.58. The molecule has 2 aromatic rings. The van der Waals surface area contributed by atoms with Gasteiger partial charge in [0.25, 0.3) is 0 Å². The van der Waals surface area contributed by atoms with E-state index in [1.807, 2.05) is 0 Å². The number of H-pyrrole nitrogens is 1. The second-order valence-electron chi connectivity index (χ2n) is 4.65. The van der Waals surface area contributed by atoms with E-state index in [1.54, 1.807) is 0 Å². The SMILES string of the molecule is ClCc1ccc2c(C3CCNCC3)[nH]nc2c1. The van der Waals surface area contributed by atoms with Crippen molar-refractivity contribution in [2.75, 3.05) is 13.1 Å². The van der Waals surface area contributed by atoms with Gasteiger partial charge < -0.3 is 5.32 Å². The zero-order chi connectivity index (χ0) is 11.7. The number of halogens is 1. The number of hydrogen-bond donors (Lipinski definition) is 2. The number of benzene rings is 1. The van der Waals surface area contributed by atoms with E-state index < -0.39 is 0 Å². The predicted molar refractivity (Wildman–Crippen MR) is 70.5 cm³/mol. The molecule has 17 heavy (non-hydrogen) atoms. The van der Waals surface area contributed by atoms with Crippen molar-refractivity contribution in [2.24, 2.45) is 0 Å². The summed E-state index contributed by atoms with van der Waals surface area (Å²) < 4.78 is 0. The highest BCUT2D eigenvalue weighted by Crippen LogP contribution is 2.29. The Bertz CT molecular complexity index is 514. The minimum atomic E-state index is 0.547. The number of nitrogens with one attached hydrogen (secondary N) is 2. The molecular weight excluding hydrogens is 234 g/mol. The Balaban J connectivity index is 1.99. The molecule has 1 fully saturated rings. The molecule has 2 N–H and O–H groups in total. The Morgan fingerprint density at radius 1 is 1.29 bits per heavy atom. The van der Waals surface area contributed by atoms with Crippen LogP contribution in [0.4, 0.5) is 0 Å². The predicted octanol–water partition coefficient (Wildman–Crippen LogP) is 2.77. The first-order chi connectivity index (χ1) is 8.38. The van der Waals surface area contributed by atoms with Gasteiger partial charge in [-0.1, -0.05) is 12.1 Å². The zero-order valence-corrected chi connectivity index (χ0v) is 10.4. The van der Waals surface area contributed by atoms with Gasteiger partial charge in [0.15, 0.2) is 0 Å². The van der Waals surface area contributed by atoms with Crippen LogP contribution >= 0.6 is 11.6 Å². The molecule has 2 heterocycles. The molecule has 1 aromatic carbocycles. The molecule has 1 aliphatic heterocycles. The lowest BCUT2D eigenvalue weighted by Gasteiger charge is -2.21. The minimum Gasteiger partial charge on any atom is -0.317 e. The Kier molecular flexibility index (Phi) is 3.04. The highest BCUT2D eigenvalue weighted by Gasteiger charge is 2.19. The quantitative estimate of drug-likeness (QED) is 0.804. The lowest BCUT2D eigenvalue weighted by molar-refractivity contribution is 0.454. The maximum absolute atomic E-state index is 5.84. The molecule has 3 nitrogen and oxygen atoms in total. The summed E-state index contributed by atoms with van der Waals surface area (Å²) in [5.41, 5.74) is 3.46. The first-order valence-corrected chi connectivity index (χ1v) is 6.65. The normalized spacial score (nSPS) is 17.7. The van der Waals surface area contributed by atoms with Gasteiger partial charge in [-0.05, 0) is 37.6 Å². The molecule has 0 bridgehead atoms. The van der Waals surface area contributed by atoms with Crippen LogP contribution < -0.4 is 5.32 Å². The minimum absolute atomic E-state index is 0.547. The molecular formula is C13H16ClN3. The summed E-state index contributed by atoms with van der Waals surface area (Å²) >= 11 is 5.84. The standard InChI is InChI=1S/C13H16ClN3/c14-8-9-1-2-11-12(7-9)16-17-13(11)10-3-5-15-6-4-10/h1-2,7,10,15H,3-6,8H2,(H,16,17). The van der Waals surface area contributed by atoms with Crippen LogP contribution in [-0.2, 0) is 5.88 Å². The van der Waals surface area contributed by atoms with E-state index in [2.05, 4.69) is 33.7 Å². The molecule has 0 atom stereocenters. The summed E-state index contributed by atoms with van der Waals surface area (Å²) in [7, 11) is 0. The number of alkyl halides is 1. The summed E-state index contributed by atoms with van der Waals surface area (Å²) in [5, 5.41) is 12.3. The zero-order valence-electron chi connectivity index (χ0n) is 9.67. The van der Waals surface area contributed by atoms with Crippen molar-refractivity contribution in [3.63, 3.8) is 0 Å². The van der Waals surface area contributed by atoms with Gasteiger partial charge in [-0.3, -0.25) is 5.10 Å². The fourth-order valence-corrected chi connectivity index (χ4v) is 2.75. The fraction of sp³-hybridized carbons (Fsp3) is 0.462. The summed E-state index contributed by atoms with van der Waals surface area (Å²) in [5.74, 6) is 1.16. The number of fused-ring (bicyclic) bond motifs is 1. The third kappa shape index (κ3) is 2.05. The van der Waals surface area contributed by atoms with Crippen LogP contribution in [0.1, 0.15) is 30.0 Å². The molecule has 0 radical (unpaired) electrons. The first-order valence-electron chi connectivity index (χ1n) is 6.12. The van der Waals surface area contributed by atoms with Crippen LogP contribution in [0.25, 0.3) is 10.9 Å². The molecule has 4 heteroatoms. The summed E-state index contributed by atoms with van der Waals surface area (Å²) in [4.78, 5) is 0. The Hall–Kier alpha value is -1.06. The van der Waals surface area contributed by atoms with E-state index in [4.69, 9.17) is 11.6 Å². The summed E-state index contributed by atoms with van der Waals surface area (Å²) in [6.07, 6.45) is 2.38. The Labute approximate surface area is 106 Å². The molecule has 3 rings (SSSR count). The third-order valence-corrected chi connectivity index (χ3v) is 3.86. The molecule has 1 aromatic heterocycles. The molecule has 1 aliphatic rings. The molecule has 0 spiro atoms. The average Bonchev–Trinajstić information content (AvgIpc) is 2.82. The lowest BCUT2D eigenvalue weighted by Crippen LogP contribution is -2.26. The van der Waals surface area contributed by atoms with Gasteiger partial charge in [0.1, 0.15) is 0 Å². The number of rotatable bonds is 2. The molecule has 0 aliphatic carbocycles. The van der Waals surface area contributed by atoms with Crippen molar-refractivity contribution in [3.05, 3.63) is 29.5 Å². The lowest BCUT2D eigenvalue weighted by atomic mass is 9.92. The van der Waals surface area contributed by atoms with Gasteiger partial charge in [-0.15, -0.1) is 11.6 Å². The Morgan fingerprint density at radius 2 is 2.12 bits per heavy atom. The van der Waals surface area contributed by atoms with Crippen molar-refractivity contribution < 1.29 is 0 Å². The van der Waals surface area contributed by atoms with Crippen molar-refractivity contribution in [1.82, 2.24) is 15.5 Å². The van der Waals surface area contributed by atoms with Crippen molar-refractivity contribution in [2.45, 2.75) is 24.6 Å². The van der Waals surface area contributed by atoms with E-state index in [-0.39, 0.29) is 0 Å².